The van der Waals surface area contributed by atoms with Gasteiger partial charge in [0.25, 0.3) is 5.91 Å². The molecule has 0 bridgehead atoms. The predicted octanol–water partition coefficient (Wildman–Crippen LogP) is 5.94. The van der Waals surface area contributed by atoms with Gasteiger partial charge in [-0.1, -0.05) is 29.3 Å². The Morgan fingerprint density at radius 1 is 1.20 bits per heavy atom. The van der Waals surface area contributed by atoms with Crippen molar-refractivity contribution in [2.24, 2.45) is 0 Å². The van der Waals surface area contributed by atoms with Crippen molar-refractivity contribution < 1.29 is 13.9 Å². The zero-order chi connectivity index (χ0) is 21.3. The van der Waals surface area contributed by atoms with E-state index >= 15 is 0 Å². The van der Waals surface area contributed by atoms with Crippen molar-refractivity contribution in [3.05, 3.63) is 75.6 Å². The van der Waals surface area contributed by atoms with Crippen LogP contribution in [-0.2, 0) is 6.54 Å². The van der Waals surface area contributed by atoms with Crippen LogP contribution in [0.3, 0.4) is 0 Å². The van der Waals surface area contributed by atoms with Crippen molar-refractivity contribution in [2.75, 3.05) is 11.9 Å². The number of benzene rings is 2. The Labute approximate surface area is 183 Å². The van der Waals surface area contributed by atoms with Crippen molar-refractivity contribution in [3.8, 4) is 5.75 Å². The fourth-order valence-electron chi connectivity index (χ4n) is 3.22. The van der Waals surface area contributed by atoms with Crippen molar-refractivity contribution in [3.63, 3.8) is 0 Å². The molecule has 4 aromatic rings. The fourth-order valence-corrected chi connectivity index (χ4v) is 3.69. The van der Waals surface area contributed by atoms with E-state index in [4.69, 9.17) is 32.4 Å². The van der Waals surface area contributed by atoms with Crippen molar-refractivity contribution in [1.29, 1.82) is 0 Å². The Morgan fingerprint density at radius 2 is 2.03 bits per heavy atom. The Hall–Kier alpha value is -2.96. The first-order valence-electron chi connectivity index (χ1n) is 9.39. The first-order valence-corrected chi connectivity index (χ1v) is 10.1. The van der Waals surface area contributed by atoms with E-state index in [1.807, 2.05) is 32.0 Å². The second-order valence-corrected chi connectivity index (χ2v) is 7.55. The summed E-state index contributed by atoms with van der Waals surface area (Å²) in [7, 11) is 0. The fraction of sp³-hybridized carbons (Fsp3) is 0.182. The van der Waals surface area contributed by atoms with Gasteiger partial charge in [0.15, 0.2) is 5.76 Å². The van der Waals surface area contributed by atoms with E-state index in [1.165, 1.54) is 0 Å². The molecule has 30 heavy (non-hydrogen) atoms. The average Bonchev–Trinajstić information content (AvgIpc) is 3.28. The number of hydrogen-bond donors (Lipinski definition) is 1. The Kier molecular flexibility index (Phi) is 5.70. The summed E-state index contributed by atoms with van der Waals surface area (Å²) in [5.41, 5.74) is 2.21. The maximum atomic E-state index is 12.9. The van der Waals surface area contributed by atoms with E-state index in [0.29, 0.717) is 34.6 Å². The molecule has 0 aliphatic carbocycles. The van der Waals surface area contributed by atoms with Crippen LogP contribution in [0.25, 0.3) is 11.0 Å². The number of aryl methyl sites for hydroxylation is 1. The highest BCUT2D eigenvalue weighted by Crippen LogP contribution is 2.29. The third-order valence-electron chi connectivity index (χ3n) is 4.72. The predicted molar refractivity (Wildman–Crippen MR) is 118 cm³/mol. The molecule has 0 atom stereocenters. The number of nitrogens with zero attached hydrogens (tertiary/aromatic N) is 2. The molecule has 0 fully saturated rings. The molecule has 0 saturated carbocycles. The molecule has 154 valence electrons. The molecule has 0 aliphatic heterocycles. The zero-order valence-corrected chi connectivity index (χ0v) is 17.9. The lowest BCUT2D eigenvalue weighted by Gasteiger charge is -2.10. The average molecular weight is 444 g/mol. The lowest BCUT2D eigenvalue weighted by Crippen LogP contribution is -2.16. The second-order valence-electron chi connectivity index (χ2n) is 6.71. The van der Waals surface area contributed by atoms with Crippen LogP contribution in [0.2, 0.25) is 10.0 Å². The number of carbonyl (C=O) groups is 1. The highest BCUT2D eigenvalue weighted by Gasteiger charge is 2.20. The van der Waals surface area contributed by atoms with Crippen LogP contribution in [0.1, 0.15) is 28.6 Å². The maximum Gasteiger partial charge on any atom is 0.292 e. The van der Waals surface area contributed by atoms with E-state index in [2.05, 4.69) is 10.4 Å². The molecule has 1 amide bonds. The zero-order valence-electron chi connectivity index (χ0n) is 16.4. The maximum absolute atomic E-state index is 12.9. The third kappa shape index (κ3) is 4.01. The lowest BCUT2D eigenvalue weighted by atomic mass is 10.1. The molecule has 4 rings (SSSR count). The quantitative estimate of drug-likeness (QED) is 0.400. The van der Waals surface area contributed by atoms with Gasteiger partial charge in [-0.05, 0) is 49.7 Å². The Bertz CT molecular complexity index is 1230. The first-order chi connectivity index (χ1) is 14.5. The number of rotatable bonds is 6. The van der Waals surface area contributed by atoms with Gasteiger partial charge in [0, 0.05) is 27.1 Å². The van der Waals surface area contributed by atoms with Crippen molar-refractivity contribution in [2.45, 2.75) is 20.4 Å². The topological polar surface area (TPSA) is 69.3 Å². The number of nitrogens with one attached hydrogen (secondary N) is 1. The van der Waals surface area contributed by atoms with E-state index in [-0.39, 0.29) is 11.7 Å². The largest absolute Gasteiger partial charge is 0.494 e. The summed E-state index contributed by atoms with van der Waals surface area (Å²) >= 11 is 12.2. The molecule has 0 unspecified atom stereocenters. The van der Waals surface area contributed by atoms with E-state index in [0.717, 1.165) is 22.3 Å². The highest BCUT2D eigenvalue weighted by molar-refractivity contribution is 6.35. The van der Waals surface area contributed by atoms with Gasteiger partial charge in [-0.15, -0.1) is 0 Å². The Morgan fingerprint density at radius 3 is 2.80 bits per heavy atom. The normalized spacial score (nSPS) is 11.1. The number of carbonyl (C=O) groups excluding carboxylic acids is 1. The molecular weight excluding hydrogens is 425 g/mol. The molecule has 2 heterocycles. The number of aromatic nitrogens is 2. The van der Waals surface area contributed by atoms with E-state index in [1.54, 1.807) is 35.1 Å². The number of fused-ring (bicyclic) bond motifs is 1. The summed E-state index contributed by atoms with van der Waals surface area (Å²) < 4.78 is 13.0. The summed E-state index contributed by atoms with van der Waals surface area (Å²) in [6.45, 7) is 4.72. The highest BCUT2D eigenvalue weighted by atomic mass is 35.5. The van der Waals surface area contributed by atoms with Gasteiger partial charge in [-0.25, -0.2) is 4.68 Å². The third-order valence-corrected chi connectivity index (χ3v) is 5.31. The van der Waals surface area contributed by atoms with Crippen LogP contribution in [-0.4, -0.2) is 22.3 Å². The van der Waals surface area contributed by atoms with Gasteiger partial charge in [0.2, 0.25) is 0 Å². The van der Waals surface area contributed by atoms with E-state index < -0.39 is 0 Å². The van der Waals surface area contributed by atoms with Gasteiger partial charge < -0.3 is 14.5 Å². The minimum atomic E-state index is -0.356. The molecule has 0 saturated heterocycles. The van der Waals surface area contributed by atoms with Gasteiger partial charge in [-0.3, -0.25) is 4.79 Å². The van der Waals surface area contributed by atoms with E-state index in [9.17, 15) is 4.79 Å². The molecule has 8 heteroatoms. The van der Waals surface area contributed by atoms with Crippen LogP contribution in [0.15, 0.2) is 53.1 Å². The summed E-state index contributed by atoms with van der Waals surface area (Å²) in [5, 5.41) is 9.09. The number of halogens is 2. The number of amides is 1. The smallest absolute Gasteiger partial charge is 0.292 e. The molecule has 6 nitrogen and oxygen atoms in total. The molecule has 0 aliphatic rings. The summed E-state index contributed by atoms with van der Waals surface area (Å²) in [6, 6.07) is 12.5. The van der Waals surface area contributed by atoms with Crippen LogP contribution < -0.4 is 10.1 Å². The van der Waals surface area contributed by atoms with Gasteiger partial charge in [0.1, 0.15) is 17.2 Å². The minimum absolute atomic E-state index is 0.246. The monoisotopic (exact) mass is 443 g/mol. The lowest BCUT2D eigenvalue weighted by molar-refractivity contribution is 0.0997. The SMILES string of the molecule is CCOc1ccc2oc(C(=O)Nc3ccnn3Cc3ccc(Cl)cc3Cl)c(C)c2c1. The number of hydrogen-bond acceptors (Lipinski definition) is 4. The first kappa shape index (κ1) is 20.3. The molecule has 2 aromatic heterocycles. The van der Waals surface area contributed by atoms with Crippen LogP contribution in [0, 0.1) is 6.92 Å². The summed E-state index contributed by atoms with van der Waals surface area (Å²) in [6.07, 6.45) is 1.61. The van der Waals surface area contributed by atoms with Gasteiger partial charge in [0.05, 0.1) is 19.3 Å². The minimum Gasteiger partial charge on any atom is -0.494 e. The Balaban J connectivity index is 1.58. The molecule has 0 radical (unpaired) electrons. The second kappa shape index (κ2) is 8.42. The van der Waals surface area contributed by atoms with Crippen LogP contribution in [0.4, 0.5) is 5.82 Å². The standard InChI is InChI=1S/C22H19Cl2N3O3/c1-3-29-16-6-7-19-17(11-16)13(2)21(30-19)22(28)26-20-8-9-25-27(20)12-14-4-5-15(23)10-18(14)24/h4-11H,3,12H2,1-2H3,(H,26,28). The number of ether oxygens (including phenoxy) is 1. The number of anilines is 1. The van der Waals surface area contributed by atoms with Crippen LogP contribution in [0.5, 0.6) is 5.75 Å². The van der Waals surface area contributed by atoms with Crippen molar-refractivity contribution in [1.82, 2.24) is 9.78 Å². The molecule has 2 aromatic carbocycles. The molecular formula is C22H19Cl2N3O3. The molecule has 0 spiro atoms. The summed E-state index contributed by atoms with van der Waals surface area (Å²) in [4.78, 5) is 12.9. The number of furan rings is 1. The van der Waals surface area contributed by atoms with Gasteiger partial charge in [-0.2, -0.15) is 5.10 Å². The van der Waals surface area contributed by atoms with Crippen molar-refractivity contribution >= 4 is 45.9 Å². The van der Waals surface area contributed by atoms with Crippen LogP contribution >= 0.6 is 23.2 Å². The van der Waals surface area contributed by atoms with Gasteiger partial charge >= 0.3 is 0 Å². The molecule has 1 N–H and O–H groups in total. The summed E-state index contributed by atoms with van der Waals surface area (Å²) in [5.74, 6) is 1.15.